The number of rotatable bonds is 18. The van der Waals surface area contributed by atoms with Crippen LogP contribution in [0.5, 0.6) is 0 Å². The average Bonchev–Trinajstić information content (AvgIpc) is 1.66. The van der Waals surface area contributed by atoms with Crippen molar-refractivity contribution in [2.45, 2.75) is 69.2 Å². The van der Waals surface area contributed by atoms with Crippen LogP contribution in [0.25, 0.3) is 22.4 Å². The van der Waals surface area contributed by atoms with E-state index in [1.165, 1.54) is 51.8 Å². The minimum atomic E-state index is -0.516. The van der Waals surface area contributed by atoms with Gasteiger partial charge in [-0.3, -0.25) is 38.7 Å². The molecule has 1 radical (unpaired) electrons. The molecule has 6 bridgehead atoms. The molecule has 39 heteroatoms. The van der Waals surface area contributed by atoms with E-state index in [0.29, 0.717) is 76.0 Å². The molecule has 0 aliphatic carbocycles. The van der Waals surface area contributed by atoms with Gasteiger partial charge >= 0.3 is 32.2 Å². The first-order chi connectivity index (χ1) is 47.7. The van der Waals surface area contributed by atoms with Crippen LogP contribution in [-0.2, 0) is 14.5 Å². The summed E-state index contributed by atoms with van der Waals surface area (Å²) in [6.07, 6.45) is 20.4. The van der Waals surface area contributed by atoms with Crippen LogP contribution >= 0.6 is 22.6 Å². The first-order valence-electron chi connectivity index (χ1n) is 32.2. The average molecular weight is 1470 g/mol. The van der Waals surface area contributed by atoms with Crippen molar-refractivity contribution in [3.63, 3.8) is 0 Å². The summed E-state index contributed by atoms with van der Waals surface area (Å²) in [5, 5.41) is 53.6. The third-order valence-electron chi connectivity index (χ3n) is 17.7. The van der Waals surface area contributed by atoms with Gasteiger partial charge in [0.15, 0.2) is 11.4 Å². The van der Waals surface area contributed by atoms with Crippen LogP contribution in [0.1, 0.15) is 50.7 Å². The number of hydroxylamine groups is 4. The molecule has 6 N–H and O–H groups in total. The maximum Gasteiger partial charge on any atom is 0.376 e. The van der Waals surface area contributed by atoms with Crippen LogP contribution in [0, 0.1) is 0 Å². The van der Waals surface area contributed by atoms with Crippen LogP contribution in [0.15, 0.2) is 118 Å². The Morgan fingerprint density at radius 2 is 1.11 bits per heavy atom. The summed E-state index contributed by atoms with van der Waals surface area (Å²) in [7, 11) is 2.28. The zero-order valence-corrected chi connectivity index (χ0v) is 56.8. The van der Waals surface area contributed by atoms with Crippen LogP contribution in [-0.4, -0.2) is 302 Å². The van der Waals surface area contributed by atoms with Gasteiger partial charge in [-0.25, -0.2) is 23.7 Å². The van der Waals surface area contributed by atoms with Gasteiger partial charge in [0, 0.05) is 86.6 Å². The molecule has 0 aromatic carbocycles. The van der Waals surface area contributed by atoms with Gasteiger partial charge in [-0.05, 0) is 124 Å². The van der Waals surface area contributed by atoms with Gasteiger partial charge < -0.3 is 64.8 Å². The Morgan fingerprint density at radius 1 is 0.636 bits per heavy atom. The fraction of sp³-hybridized carbons (Fsp3) is 0.433. The highest BCUT2D eigenvalue weighted by Gasteiger charge is 2.43. The first-order valence-corrected chi connectivity index (χ1v) is 33.3. The molecule has 0 spiro atoms. The molecule has 6 fully saturated rings. The monoisotopic (exact) mass is 1470 g/mol. The van der Waals surface area contributed by atoms with E-state index in [1.807, 2.05) is 26.6 Å². The largest absolute Gasteiger partial charge is 0.437 e. The van der Waals surface area contributed by atoms with Crippen LogP contribution in [0.3, 0.4) is 0 Å². The number of aromatic amines is 1. The molecule has 15 heterocycles. The number of amides is 9. The lowest BCUT2D eigenvalue weighted by Crippen LogP contribution is -2.41. The van der Waals surface area contributed by atoms with E-state index in [9.17, 15) is 53.2 Å². The Morgan fingerprint density at radius 3 is 1.60 bits per heavy atom. The summed E-state index contributed by atoms with van der Waals surface area (Å²) in [4.78, 5) is 130. The van der Waals surface area contributed by atoms with Crippen molar-refractivity contribution in [3.8, 4) is 0 Å². The molecule has 9 aliphatic rings. The van der Waals surface area contributed by atoms with Crippen molar-refractivity contribution in [3.05, 3.63) is 146 Å². The van der Waals surface area contributed by atoms with Crippen LogP contribution in [0.4, 0.5) is 14.4 Å². The first kappa shape index (κ1) is 70.9. The fourth-order valence-electron chi connectivity index (χ4n) is 12.6. The van der Waals surface area contributed by atoms with Crippen molar-refractivity contribution < 1.29 is 53.3 Å². The second-order valence-corrected chi connectivity index (χ2v) is 26.0. The number of H-pyrrole nitrogens is 1. The van der Waals surface area contributed by atoms with Crippen molar-refractivity contribution in [2.75, 3.05) is 98.8 Å². The number of hydrogen-bond donors (Lipinski definition) is 6. The number of fused-ring (bicyclic) bond motifs is 8. The molecule has 3 unspecified atom stereocenters. The summed E-state index contributed by atoms with van der Waals surface area (Å²) < 4.78 is 6.67. The zero-order valence-electron chi connectivity index (χ0n) is 54.7. The minimum absolute atomic E-state index is 0.00806. The predicted molar refractivity (Wildman–Crippen MR) is 370 cm³/mol. The van der Waals surface area contributed by atoms with Crippen molar-refractivity contribution >= 4 is 109 Å². The lowest BCUT2D eigenvalue weighted by atomic mass is 9.86. The predicted octanol–water partition coefficient (Wildman–Crippen LogP) is -1.03. The highest BCUT2D eigenvalue weighted by molar-refractivity contribution is 14.1. The molecule has 6 aromatic rings. The molecular formula is C60H75B3IN22O13. The van der Waals surface area contributed by atoms with Gasteiger partial charge in [0.25, 0.3) is 36.3 Å². The van der Waals surface area contributed by atoms with E-state index in [0.717, 1.165) is 72.1 Å². The molecule has 6 aromatic heterocycles. The third kappa shape index (κ3) is 16.4. The number of nitrogens with one attached hydrogen (secondary N) is 4. The smallest absolute Gasteiger partial charge is 0.376 e. The Hall–Kier alpha value is -9.38. The van der Waals surface area contributed by atoms with E-state index in [1.54, 1.807) is 92.4 Å². The van der Waals surface area contributed by atoms with Crippen molar-refractivity contribution in [1.82, 2.24) is 109 Å². The SMILES string of the molecule is C=CCON1C(=O)N2CC(I)=CC1C2.C=CCON1C(=O)N2CC(n3ccc(C(=O)N[C@H]4CCN(B(C)O)C4)n3)=CC1C2.CB(O)N1CC[C@H](NC(=O)c2ccn(C3=CC4CN(C3)C(=O)N4C)n2)C1.O=C[B]N1CC[C@H](NC(=O)c2ccn[nH]2)C1.O=c1c2ccnn2c(=O)c2ccnn12. The Labute approximate surface area is 582 Å². The lowest BCUT2D eigenvalue weighted by Gasteiger charge is -2.21. The van der Waals surface area contributed by atoms with Gasteiger partial charge in [-0.2, -0.15) is 44.7 Å². The van der Waals surface area contributed by atoms with E-state index >= 15 is 0 Å². The molecule has 99 heavy (non-hydrogen) atoms. The number of carbonyl (C=O) groups excluding carboxylic acids is 7. The zero-order chi connectivity index (χ0) is 70.2. The maximum absolute atomic E-state index is 12.5. The second-order valence-electron chi connectivity index (χ2n) is 24.6. The Kier molecular flexibility index (Phi) is 22.7. The van der Waals surface area contributed by atoms with Crippen molar-refractivity contribution in [2.24, 2.45) is 0 Å². The highest BCUT2D eigenvalue weighted by atomic mass is 127. The number of urea groups is 3. The minimum Gasteiger partial charge on any atom is -0.437 e. The normalized spacial score (nSPS) is 22.3. The topological polar surface area (TPSA) is 377 Å². The second kappa shape index (κ2) is 31.7. The molecule has 6 atom stereocenters. The summed E-state index contributed by atoms with van der Waals surface area (Å²) in [5.41, 5.74) is 2.67. The summed E-state index contributed by atoms with van der Waals surface area (Å²) in [6.45, 7) is 19.1. The maximum atomic E-state index is 12.5. The standard InChI is InChI=1S/C18H25BN6O4.C16H23BN6O3.C9H12BN4O2.C9H11IN2O2.C8H4N4O2/c1-3-8-29-25-15-9-14(11-22(12-15)18(25)27)24-7-5-16(21-24)17(26)20-13-4-6-23(10-13)19(2)28;1-17(26)22-5-3-11(8-22)18-15(24)14-4-6-23(19-14)13-7-12-9-21(10-13)16(25)20(12)2;15-6-10-14-4-2-7(5-14)12-9(16)8-1-3-11-13-8;1-2-3-14-12-8-4-7(10)5-11(6-8)9(12)13;13-7-5-1-3-9-11(5)8(14)6-2-4-10-12(6)7/h3,5,7,9,13,15,28H,1,4,6,8,10-12H2,2H3,(H,20,26);4,6-7,11-12,26H,3,5,8-10H2,1-2H3,(H,18,24);1,3,6-7H,2,4-5H2,(H,11,13)(H,12,16);2,4,8H,1,3,5-6H2;1-4H/t13-,15?;11-,12?;7-;;/m000../s1. The number of carbonyl (C=O) groups is 7. The molecule has 15 rings (SSSR count). The molecule has 9 aliphatic heterocycles. The quantitative estimate of drug-likeness (QED) is 0.0259. The van der Waals surface area contributed by atoms with Gasteiger partial charge in [-0.15, -0.1) is 13.2 Å². The number of nitrogens with zero attached hydrogens (tertiary/aromatic N) is 18. The molecule has 0 saturated carbocycles. The Bertz CT molecular complexity index is 4070. The third-order valence-corrected chi connectivity index (χ3v) is 18.4. The number of halogens is 1. The fourth-order valence-corrected chi connectivity index (χ4v) is 13.4. The van der Waals surface area contributed by atoms with Gasteiger partial charge in [0.1, 0.15) is 16.7 Å². The number of aromatic nitrogens is 10. The molecule has 9 amide bonds. The van der Waals surface area contributed by atoms with Crippen LogP contribution in [0.2, 0.25) is 13.6 Å². The number of hydrogen-bond acceptors (Lipinski definition) is 21. The molecule has 35 nitrogen and oxygen atoms in total. The molecule has 6 saturated heterocycles. The highest BCUT2D eigenvalue weighted by Crippen LogP contribution is 2.29. The lowest BCUT2D eigenvalue weighted by molar-refractivity contribution is -0.107. The van der Waals surface area contributed by atoms with Gasteiger partial charge in [0.2, 0.25) is 0 Å². The van der Waals surface area contributed by atoms with Gasteiger partial charge in [-0.1, -0.05) is 12.2 Å². The molecule has 519 valence electrons. The summed E-state index contributed by atoms with van der Waals surface area (Å²) in [5.74, 6) is -0.613. The number of likely N-dealkylation sites (N-methyl/N-ethyl adjacent to an activating group) is 1. The van der Waals surface area contributed by atoms with E-state index < -0.39 is 14.1 Å². The van der Waals surface area contributed by atoms with Crippen molar-refractivity contribution in [1.29, 1.82) is 0 Å². The molecular weight excluding hydrogens is 1400 g/mol. The van der Waals surface area contributed by atoms with E-state index in [4.69, 9.17) is 9.68 Å². The van der Waals surface area contributed by atoms with E-state index in [2.05, 4.69) is 88.4 Å². The van der Waals surface area contributed by atoms with E-state index in [-0.39, 0.29) is 101 Å². The van der Waals surface area contributed by atoms with Gasteiger partial charge in [0.05, 0.1) is 80.9 Å². The van der Waals surface area contributed by atoms with Crippen LogP contribution < -0.4 is 27.1 Å². The summed E-state index contributed by atoms with van der Waals surface area (Å²) >= 11 is 2.25. The summed E-state index contributed by atoms with van der Waals surface area (Å²) in [6, 6.07) is 7.79. The Balaban J connectivity index is 0.000000129.